The van der Waals surface area contributed by atoms with Crippen LogP contribution in [-0.2, 0) is 20.7 Å². The van der Waals surface area contributed by atoms with Gasteiger partial charge >= 0.3 is 7.60 Å². The fourth-order valence-electron chi connectivity index (χ4n) is 1.83. The van der Waals surface area contributed by atoms with Crippen LogP contribution in [0.1, 0.15) is 13.8 Å². The van der Waals surface area contributed by atoms with Crippen LogP contribution in [0.15, 0.2) is 24.4 Å². The Morgan fingerprint density at radius 2 is 1.94 bits per heavy atom. The minimum absolute atomic E-state index is 0.350. The van der Waals surface area contributed by atoms with E-state index in [1.54, 1.807) is 24.6 Å². The van der Waals surface area contributed by atoms with E-state index < -0.39 is 7.60 Å². The molecule has 0 fully saturated rings. The maximum atomic E-state index is 12.6. The van der Waals surface area contributed by atoms with Crippen molar-refractivity contribution in [2.45, 2.75) is 13.8 Å². The lowest BCUT2D eigenvalue weighted by atomic mass is 10.3. The van der Waals surface area contributed by atoms with Gasteiger partial charge in [0.2, 0.25) is 0 Å². The third-order valence-electron chi connectivity index (χ3n) is 2.52. The van der Waals surface area contributed by atoms with Crippen LogP contribution in [0.4, 0.5) is 0 Å². The molecule has 0 amide bonds. The molecular weight excluding hydrogens is 251 g/mol. The van der Waals surface area contributed by atoms with Gasteiger partial charge < -0.3 is 9.05 Å². The Hall–Kier alpha value is -1.16. The van der Waals surface area contributed by atoms with Crippen molar-refractivity contribution in [1.82, 2.24) is 9.78 Å². The molecule has 0 aliphatic heterocycles. The molecule has 1 aromatic heterocycles. The average Bonchev–Trinajstić information content (AvgIpc) is 2.68. The van der Waals surface area contributed by atoms with Gasteiger partial charge in [-0.05, 0) is 32.0 Å². The van der Waals surface area contributed by atoms with Crippen LogP contribution in [0.5, 0.6) is 0 Å². The highest BCUT2D eigenvalue weighted by Gasteiger charge is 2.26. The van der Waals surface area contributed by atoms with Gasteiger partial charge in [0.25, 0.3) is 0 Å². The molecule has 0 saturated carbocycles. The zero-order valence-electron chi connectivity index (χ0n) is 10.8. The molecule has 2 aromatic rings. The smallest absolute Gasteiger partial charge is 0.305 e. The lowest BCUT2D eigenvalue weighted by Gasteiger charge is -2.16. The van der Waals surface area contributed by atoms with Crippen LogP contribution in [0.3, 0.4) is 0 Å². The molecule has 2 rings (SSSR count). The molecule has 0 atom stereocenters. The summed E-state index contributed by atoms with van der Waals surface area (Å²) in [5.41, 5.74) is 0.862. The quantitative estimate of drug-likeness (QED) is 0.782. The van der Waals surface area contributed by atoms with E-state index in [4.69, 9.17) is 9.05 Å². The Morgan fingerprint density at radius 3 is 2.56 bits per heavy atom. The summed E-state index contributed by atoms with van der Waals surface area (Å²) in [6.07, 6.45) is 1.88. The molecule has 5 nitrogen and oxygen atoms in total. The second-order valence-corrected chi connectivity index (χ2v) is 5.91. The number of rotatable bonds is 5. The highest BCUT2D eigenvalue weighted by Crippen LogP contribution is 2.47. The van der Waals surface area contributed by atoms with Crippen LogP contribution in [0.2, 0.25) is 0 Å². The SMILES string of the molecule is CCOP(=O)(OCC)c1ccc2nn(C)cc2c1. The molecule has 0 bridgehead atoms. The summed E-state index contributed by atoms with van der Waals surface area (Å²) in [7, 11) is -1.35. The Balaban J connectivity index is 2.47. The summed E-state index contributed by atoms with van der Waals surface area (Å²) in [4.78, 5) is 0. The average molecular weight is 268 g/mol. The van der Waals surface area contributed by atoms with E-state index in [2.05, 4.69) is 5.10 Å². The summed E-state index contributed by atoms with van der Waals surface area (Å²) in [6.45, 7) is 4.30. The minimum atomic E-state index is -3.20. The van der Waals surface area contributed by atoms with E-state index in [1.165, 1.54) is 0 Å². The first-order chi connectivity index (χ1) is 8.59. The predicted molar refractivity (Wildman–Crippen MR) is 71.2 cm³/mol. The largest absolute Gasteiger partial charge is 0.361 e. The molecule has 1 heterocycles. The van der Waals surface area contributed by atoms with Gasteiger partial charge in [0, 0.05) is 18.6 Å². The molecule has 0 aliphatic carbocycles. The number of benzene rings is 1. The number of nitrogens with zero attached hydrogens (tertiary/aromatic N) is 2. The van der Waals surface area contributed by atoms with Gasteiger partial charge in [-0.25, -0.2) is 0 Å². The van der Waals surface area contributed by atoms with E-state index in [0.717, 1.165) is 10.9 Å². The van der Waals surface area contributed by atoms with Gasteiger partial charge in [0.15, 0.2) is 0 Å². The molecule has 18 heavy (non-hydrogen) atoms. The Labute approximate surface area is 106 Å². The summed E-state index contributed by atoms with van der Waals surface area (Å²) in [6, 6.07) is 5.39. The maximum Gasteiger partial charge on any atom is 0.361 e. The maximum absolute atomic E-state index is 12.6. The van der Waals surface area contributed by atoms with Crippen molar-refractivity contribution in [3.05, 3.63) is 24.4 Å². The number of hydrogen-bond donors (Lipinski definition) is 0. The third kappa shape index (κ3) is 2.48. The second-order valence-electron chi connectivity index (χ2n) is 3.88. The Morgan fingerprint density at radius 1 is 1.28 bits per heavy atom. The molecule has 0 aliphatic rings. The van der Waals surface area contributed by atoms with Crippen molar-refractivity contribution >= 4 is 23.8 Å². The van der Waals surface area contributed by atoms with E-state index in [9.17, 15) is 4.57 Å². The van der Waals surface area contributed by atoms with Gasteiger partial charge in [-0.2, -0.15) is 5.10 Å². The number of hydrogen-bond acceptors (Lipinski definition) is 4. The van der Waals surface area contributed by atoms with Gasteiger partial charge in [0.1, 0.15) is 0 Å². The molecular formula is C12H17N2O3P. The van der Waals surface area contributed by atoms with Crippen LogP contribution in [0, 0.1) is 0 Å². The van der Waals surface area contributed by atoms with E-state index in [0.29, 0.717) is 18.5 Å². The first-order valence-corrected chi connectivity index (χ1v) is 7.46. The zero-order valence-corrected chi connectivity index (χ0v) is 11.7. The summed E-state index contributed by atoms with van der Waals surface area (Å²) >= 11 is 0. The molecule has 0 radical (unpaired) electrons. The third-order valence-corrected chi connectivity index (χ3v) is 4.62. The molecule has 0 spiro atoms. The predicted octanol–water partition coefficient (Wildman–Crippen LogP) is 2.46. The van der Waals surface area contributed by atoms with Gasteiger partial charge in [-0.3, -0.25) is 9.25 Å². The van der Waals surface area contributed by atoms with Crippen LogP contribution in [-0.4, -0.2) is 23.0 Å². The van der Waals surface area contributed by atoms with Crippen LogP contribution in [0.25, 0.3) is 10.9 Å². The lowest BCUT2D eigenvalue weighted by Crippen LogP contribution is -2.10. The highest BCUT2D eigenvalue weighted by molar-refractivity contribution is 7.62. The lowest BCUT2D eigenvalue weighted by molar-refractivity contribution is 0.230. The first kappa shape index (κ1) is 13.3. The van der Waals surface area contributed by atoms with Crippen molar-refractivity contribution in [2.75, 3.05) is 13.2 Å². The van der Waals surface area contributed by atoms with Crippen LogP contribution < -0.4 is 5.30 Å². The second kappa shape index (κ2) is 5.22. The normalized spacial score (nSPS) is 12.2. The summed E-state index contributed by atoms with van der Waals surface area (Å²) in [5, 5.41) is 5.77. The van der Waals surface area contributed by atoms with E-state index in [-0.39, 0.29) is 0 Å². The van der Waals surface area contributed by atoms with Gasteiger partial charge in [-0.1, -0.05) is 0 Å². The van der Waals surface area contributed by atoms with E-state index in [1.807, 2.05) is 25.4 Å². The number of aryl methyl sites for hydroxylation is 1. The summed E-state index contributed by atoms with van der Waals surface area (Å²) < 4.78 is 25.0. The standard InChI is InChI=1S/C12H17N2O3P/c1-4-16-18(15,17-5-2)11-6-7-12-10(8-11)9-14(3)13-12/h6-9H,4-5H2,1-3H3. The number of fused-ring (bicyclic) bond motifs is 1. The molecule has 0 N–H and O–H groups in total. The Bertz CT molecular complexity index is 584. The Kier molecular flexibility index (Phi) is 3.85. The highest BCUT2D eigenvalue weighted by atomic mass is 31.2. The van der Waals surface area contributed by atoms with Crippen LogP contribution >= 0.6 is 7.60 Å². The molecule has 0 saturated heterocycles. The molecule has 1 aromatic carbocycles. The fourth-order valence-corrected chi connectivity index (χ4v) is 3.44. The number of aromatic nitrogens is 2. The van der Waals surface area contributed by atoms with Crippen molar-refractivity contribution in [3.8, 4) is 0 Å². The van der Waals surface area contributed by atoms with Crippen molar-refractivity contribution < 1.29 is 13.6 Å². The molecule has 0 unspecified atom stereocenters. The fraction of sp³-hybridized carbons (Fsp3) is 0.417. The topological polar surface area (TPSA) is 53.4 Å². The zero-order chi connectivity index (χ0) is 13.2. The minimum Gasteiger partial charge on any atom is -0.305 e. The van der Waals surface area contributed by atoms with Crippen molar-refractivity contribution in [1.29, 1.82) is 0 Å². The summed E-state index contributed by atoms with van der Waals surface area (Å²) in [5.74, 6) is 0. The first-order valence-electron chi connectivity index (χ1n) is 5.92. The van der Waals surface area contributed by atoms with Gasteiger partial charge in [-0.15, -0.1) is 0 Å². The van der Waals surface area contributed by atoms with E-state index >= 15 is 0 Å². The molecule has 6 heteroatoms. The van der Waals surface area contributed by atoms with Gasteiger partial charge in [0.05, 0.1) is 24.0 Å². The van der Waals surface area contributed by atoms with Crippen molar-refractivity contribution in [3.63, 3.8) is 0 Å². The molecule has 98 valence electrons. The monoisotopic (exact) mass is 268 g/mol. The van der Waals surface area contributed by atoms with Crippen molar-refractivity contribution in [2.24, 2.45) is 7.05 Å².